The van der Waals surface area contributed by atoms with Gasteiger partial charge in [0, 0.05) is 11.1 Å². The number of aromatic nitrogens is 2. The Morgan fingerprint density at radius 3 is 1.95 bits per heavy atom. The van der Waals surface area contributed by atoms with Gasteiger partial charge in [0.25, 0.3) is 5.91 Å². The van der Waals surface area contributed by atoms with E-state index in [9.17, 15) is 9.59 Å². The van der Waals surface area contributed by atoms with E-state index < -0.39 is 0 Å². The summed E-state index contributed by atoms with van der Waals surface area (Å²) in [6.07, 6.45) is 0. The Hall–Kier alpha value is -2.76. The zero-order valence-corrected chi connectivity index (χ0v) is 12.9. The monoisotopic (exact) mass is 299 g/mol. The Balaban J connectivity index is 2.23. The summed E-state index contributed by atoms with van der Waals surface area (Å²) in [5.41, 5.74) is 2.83. The van der Waals surface area contributed by atoms with Crippen molar-refractivity contribution in [2.24, 2.45) is 0 Å². The number of anilines is 1. The van der Waals surface area contributed by atoms with Crippen molar-refractivity contribution < 1.29 is 14.3 Å². The highest BCUT2D eigenvalue weighted by Gasteiger charge is 2.13. The summed E-state index contributed by atoms with van der Waals surface area (Å²) in [4.78, 5) is 31.8. The second-order valence-electron chi connectivity index (χ2n) is 4.84. The Morgan fingerprint density at radius 1 is 1.00 bits per heavy atom. The lowest BCUT2D eigenvalue weighted by molar-refractivity contribution is 0.100. The molecule has 0 saturated heterocycles. The number of hydrogen-bond donors (Lipinski definition) is 1. The predicted octanol–water partition coefficient (Wildman–Crippen LogP) is 2.56. The molecule has 6 nitrogen and oxygen atoms in total. The van der Waals surface area contributed by atoms with Crippen molar-refractivity contribution in [3.8, 4) is 6.01 Å². The maximum atomic E-state index is 12.3. The van der Waals surface area contributed by atoms with Gasteiger partial charge in [-0.2, -0.15) is 9.97 Å². The van der Waals surface area contributed by atoms with Crippen LogP contribution >= 0.6 is 0 Å². The number of nitrogens with one attached hydrogen (secondary N) is 1. The molecule has 1 amide bonds. The molecule has 0 atom stereocenters. The number of amides is 1. The molecule has 0 unspecified atom stereocenters. The minimum Gasteiger partial charge on any atom is -0.467 e. The van der Waals surface area contributed by atoms with E-state index in [1.54, 1.807) is 38.1 Å². The smallest absolute Gasteiger partial charge is 0.316 e. The van der Waals surface area contributed by atoms with E-state index in [1.807, 2.05) is 0 Å². The van der Waals surface area contributed by atoms with Gasteiger partial charge in [0.2, 0.25) is 0 Å². The number of benzene rings is 1. The van der Waals surface area contributed by atoms with Gasteiger partial charge >= 0.3 is 6.01 Å². The van der Waals surface area contributed by atoms with E-state index in [4.69, 9.17) is 4.74 Å². The number of carbonyl (C=O) groups is 2. The third-order valence-corrected chi connectivity index (χ3v) is 3.23. The fourth-order valence-corrected chi connectivity index (χ4v) is 2.00. The molecule has 1 N–H and O–H groups in total. The molecule has 2 rings (SSSR count). The molecular formula is C16H17N3O3. The van der Waals surface area contributed by atoms with Gasteiger partial charge in [0.05, 0.1) is 24.2 Å². The van der Waals surface area contributed by atoms with Gasteiger partial charge in [0.1, 0.15) is 0 Å². The molecule has 0 aliphatic rings. The lowest BCUT2D eigenvalue weighted by Gasteiger charge is -2.11. The SMILES string of the molecule is COc1nc(C)c(NC(=O)c2ccc(C(C)=O)cc2)c(C)n1. The van der Waals surface area contributed by atoms with Crippen molar-refractivity contribution in [3.63, 3.8) is 0 Å². The van der Waals surface area contributed by atoms with Gasteiger partial charge in [-0.25, -0.2) is 0 Å². The fourth-order valence-electron chi connectivity index (χ4n) is 2.00. The molecule has 0 spiro atoms. The molecule has 1 heterocycles. The summed E-state index contributed by atoms with van der Waals surface area (Å²) in [5.74, 6) is -0.322. The van der Waals surface area contributed by atoms with Crippen molar-refractivity contribution in [2.75, 3.05) is 12.4 Å². The van der Waals surface area contributed by atoms with E-state index in [2.05, 4.69) is 15.3 Å². The predicted molar refractivity (Wildman–Crippen MR) is 82.5 cm³/mol. The Labute approximate surface area is 128 Å². The van der Waals surface area contributed by atoms with Crippen LogP contribution < -0.4 is 10.1 Å². The Bertz CT molecular complexity index is 701. The maximum absolute atomic E-state index is 12.3. The number of nitrogens with zero attached hydrogens (tertiary/aromatic N) is 2. The number of ketones is 1. The Morgan fingerprint density at radius 2 is 1.50 bits per heavy atom. The number of rotatable bonds is 4. The van der Waals surface area contributed by atoms with E-state index in [0.717, 1.165) is 0 Å². The molecule has 0 radical (unpaired) electrons. The van der Waals surface area contributed by atoms with Crippen molar-refractivity contribution in [2.45, 2.75) is 20.8 Å². The molecule has 0 fully saturated rings. The average molecular weight is 299 g/mol. The first-order valence-electron chi connectivity index (χ1n) is 6.74. The third-order valence-electron chi connectivity index (χ3n) is 3.23. The summed E-state index contributed by atoms with van der Waals surface area (Å²) < 4.78 is 4.99. The van der Waals surface area contributed by atoms with Crippen LogP contribution in [0.1, 0.15) is 39.0 Å². The zero-order chi connectivity index (χ0) is 16.3. The lowest BCUT2D eigenvalue weighted by Crippen LogP contribution is -2.15. The number of aryl methyl sites for hydroxylation is 2. The molecule has 114 valence electrons. The van der Waals surface area contributed by atoms with Gasteiger partial charge in [-0.05, 0) is 32.9 Å². The van der Waals surface area contributed by atoms with Crippen LogP contribution in [0.4, 0.5) is 5.69 Å². The van der Waals surface area contributed by atoms with Crippen LogP contribution in [0.3, 0.4) is 0 Å². The van der Waals surface area contributed by atoms with Gasteiger partial charge in [-0.1, -0.05) is 12.1 Å². The number of carbonyl (C=O) groups excluding carboxylic acids is 2. The molecule has 6 heteroatoms. The normalized spacial score (nSPS) is 10.2. The highest BCUT2D eigenvalue weighted by atomic mass is 16.5. The van der Waals surface area contributed by atoms with E-state index >= 15 is 0 Å². The first kappa shape index (κ1) is 15.6. The number of methoxy groups -OCH3 is 1. The molecular weight excluding hydrogens is 282 g/mol. The second-order valence-corrected chi connectivity index (χ2v) is 4.84. The largest absolute Gasteiger partial charge is 0.467 e. The fraction of sp³-hybridized carbons (Fsp3) is 0.250. The third kappa shape index (κ3) is 3.28. The number of hydrogen-bond acceptors (Lipinski definition) is 5. The van der Waals surface area contributed by atoms with Crippen LogP contribution in [0.2, 0.25) is 0 Å². The quantitative estimate of drug-likeness (QED) is 0.877. The minimum atomic E-state index is -0.282. The standard InChI is InChI=1S/C16H17N3O3/c1-9-14(10(2)18-16(17-9)22-4)19-15(21)13-7-5-12(6-8-13)11(3)20/h5-8H,1-4H3,(H,19,21). The summed E-state index contributed by atoms with van der Waals surface area (Å²) in [6, 6.07) is 6.74. The molecule has 2 aromatic rings. The molecule has 0 bridgehead atoms. The average Bonchev–Trinajstić information content (AvgIpc) is 2.50. The van der Waals surface area contributed by atoms with Crippen LogP contribution in [0.5, 0.6) is 6.01 Å². The summed E-state index contributed by atoms with van der Waals surface area (Å²) in [7, 11) is 1.49. The number of ether oxygens (including phenoxy) is 1. The molecule has 1 aromatic heterocycles. The molecule has 0 aliphatic carbocycles. The van der Waals surface area contributed by atoms with Gasteiger partial charge in [0.15, 0.2) is 5.78 Å². The molecule has 1 aromatic carbocycles. The van der Waals surface area contributed by atoms with Crippen molar-refractivity contribution in [1.82, 2.24) is 9.97 Å². The van der Waals surface area contributed by atoms with Crippen LogP contribution in [0, 0.1) is 13.8 Å². The minimum absolute atomic E-state index is 0.0396. The van der Waals surface area contributed by atoms with Crippen molar-refractivity contribution in [1.29, 1.82) is 0 Å². The van der Waals surface area contributed by atoms with Gasteiger partial charge < -0.3 is 10.1 Å². The highest BCUT2D eigenvalue weighted by molar-refractivity contribution is 6.05. The summed E-state index contributed by atoms with van der Waals surface area (Å²) in [6.45, 7) is 5.02. The first-order valence-corrected chi connectivity index (χ1v) is 6.74. The van der Waals surface area contributed by atoms with Crippen molar-refractivity contribution >= 4 is 17.4 Å². The Kier molecular flexibility index (Phi) is 4.50. The van der Waals surface area contributed by atoms with Crippen LogP contribution in [-0.4, -0.2) is 28.8 Å². The first-order chi connectivity index (χ1) is 10.4. The second kappa shape index (κ2) is 6.34. The van der Waals surface area contributed by atoms with E-state index in [0.29, 0.717) is 28.2 Å². The van der Waals surface area contributed by atoms with Gasteiger partial charge in [-0.15, -0.1) is 0 Å². The topological polar surface area (TPSA) is 81.2 Å². The van der Waals surface area contributed by atoms with Crippen LogP contribution in [0.25, 0.3) is 0 Å². The molecule has 22 heavy (non-hydrogen) atoms. The van der Waals surface area contributed by atoms with E-state index in [-0.39, 0.29) is 17.7 Å². The molecule has 0 aliphatic heterocycles. The van der Waals surface area contributed by atoms with Crippen LogP contribution in [-0.2, 0) is 0 Å². The summed E-state index contributed by atoms with van der Waals surface area (Å²) in [5, 5.41) is 2.79. The van der Waals surface area contributed by atoms with E-state index in [1.165, 1.54) is 14.0 Å². The van der Waals surface area contributed by atoms with Crippen LogP contribution in [0.15, 0.2) is 24.3 Å². The van der Waals surface area contributed by atoms with Crippen molar-refractivity contribution in [3.05, 3.63) is 46.8 Å². The highest BCUT2D eigenvalue weighted by Crippen LogP contribution is 2.20. The molecule has 0 saturated carbocycles. The number of Topliss-reactive ketones (excluding diaryl/α,β-unsaturated/α-hetero) is 1. The lowest BCUT2D eigenvalue weighted by atomic mass is 10.1. The summed E-state index contributed by atoms with van der Waals surface area (Å²) >= 11 is 0. The van der Waals surface area contributed by atoms with Gasteiger partial charge in [-0.3, -0.25) is 9.59 Å². The maximum Gasteiger partial charge on any atom is 0.316 e. The zero-order valence-electron chi connectivity index (χ0n) is 12.9.